The van der Waals surface area contributed by atoms with E-state index in [1.165, 1.54) is 7.05 Å². The van der Waals surface area contributed by atoms with Crippen LogP contribution in [0.5, 0.6) is 0 Å². The molecule has 0 aliphatic rings. The van der Waals surface area contributed by atoms with E-state index in [9.17, 15) is 17.2 Å². The average Bonchev–Trinajstić information content (AvgIpc) is 2.27. The summed E-state index contributed by atoms with van der Waals surface area (Å²) in [6, 6.07) is 2.41. The van der Waals surface area contributed by atoms with Crippen LogP contribution in [-0.4, -0.2) is 30.6 Å². The van der Waals surface area contributed by atoms with Crippen molar-refractivity contribution in [1.82, 2.24) is 4.31 Å². The Morgan fingerprint density at radius 2 is 1.89 bits per heavy atom. The van der Waals surface area contributed by atoms with Crippen LogP contribution >= 0.6 is 15.9 Å². The van der Waals surface area contributed by atoms with Crippen molar-refractivity contribution in [1.29, 1.82) is 0 Å². The summed E-state index contributed by atoms with van der Waals surface area (Å²) in [7, 11) is -2.63. The number of hydrogen-bond acceptors (Lipinski definition) is 2. The van der Waals surface area contributed by atoms with Crippen molar-refractivity contribution < 1.29 is 17.2 Å². The molecule has 1 rings (SSSR count). The maximum atomic E-state index is 13.5. The Balaban J connectivity index is 3.30. The highest BCUT2D eigenvalue weighted by Gasteiger charge is 2.34. The van der Waals surface area contributed by atoms with Crippen LogP contribution in [0.15, 0.2) is 23.1 Å². The highest BCUT2D eigenvalue weighted by molar-refractivity contribution is 9.09. The first-order valence-corrected chi connectivity index (χ1v) is 7.69. The van der Waals surface area contributed by atoms with Crippen LogP contribution in [-0.2, 0) is 10.0 Å². The summed E-state index contributed by atoms with van der Waals surface area (Å²) in [5.74, 6) is -1.90. The molecule has 3 nitrogen and oxygen atoms in total. The molecule has 0 unspecified atom stereocenters. The Kier molecular flexibility index (Phi) is 4.51. The Morgan fingerprint density at radius 1 is 1.33 bits per heavy atom. The number of halogens is 3. The molecule has 0 aliphatic heterocycles. The molecule has 102 valence electrons. The van der Waals surface area contributed by atoms with Gasteiger partial charge in [0.15, 0.2) is 0 Å². The number of benzene rings is 1. The van der Waals surface area contributed by atoms with Crippen LogP contribution in [0.4, 0.5) is 8.78 Å². The van der Waals surface area contributed by atoms with E-state index >= 15 is 0 Å². The summed E-state index contributed by atoms with van der Waals surface area (Å²) in [6.07, 6.45) is 0. The molecule has 0 fully saturated rings. The molecule has 18 heavy (non-hydrogen) atoms. The molecule has 7 heteroatoms. The van der Waals surface area contributed by atoms with Crippen molar-refractivity contribution in [2.75, 3.05) is 12.4 Å². The number of alkyl halides is 1. The Morgan fingerprint density at radius 3 is 2.33 bits per heavy atom. The van der Waals surface area contributed by atoms with Crippen LogP contribution in [0, 0.1) is 11.6 Å². The van der Waals surface area contributed by atoms with E-state index in [-0.39, 0.29) is 0 Å². The fraction of sp³-hybridized carbons (Fsp3) is 0.455. The van der Waals surface area contributed by atoms with Gasteiger partial charge in [0.25, 0.3) is 0 Å². The maximum absolute atomic E-state index is 13.5. The summed E-state index contributed by atoms with van der Waals surface area (Å²) < 4.78 is 51.8. The molecule has 0 radical (unpaired) electrons. The van der Waals surface area contributed by atoms with E-state index in [1.54, 1.807) is 13.8 Å². The van der Waals surface area contributed by atoms with Gasteiger partial charge in [0.1, 0.15) is 16.5 Å². The predicted octanol–water partition coefficient (Wildman–Crippen LogP) is 2.76. The van der Waals surface area contributed by atoms with Crippen LogP contribution in [0.3, 0.4) is 0 Å². The van der Waals surface area contributed by atoms with Crippen LogP contribution in [0.25, 0.3) is 0 Å². The van der Waals surface area contributed by atoms with Gasteiger partial charge in [-0.25, -0.2) is 17.2 Å². The Bertz CT molecular complexity index is 546. The minimum absolute atomic E-state index is 0.387. The molecule has 0 spiro atoms. The molecule has 0 N–H and O–H groups in total. The van der Waals surface area contributed by atoms with E-state index in [2.05, 4.69) is 15.9 Å². The third kappa shape index (κ3) is 2.89. The van der Waals surface area contributed by atoms with Crippen LogP contribution in [0.2, 0.25) is 0 Å². The van der Waals surface area contributed by atoms with E-state index in [0.29, 0.717) is 11.4 Å². The third-order valence-electron chi connectivity index (χ3n) is 2.71. The molecule has 0 aliphatic carbocycles. The number of rotatable bonds is 4. The molecule has 0 saturated carbocycles. The molecule has 0 atom stereocenters. The lowest BCUT2D eigenvalue weighted by atomic mass is 10.1. The van der Waals surface area contributed by atoms with Gasteiger partial charge in [0.2, 0.25) is 10.0 Å². The zero-order valence-electron chi connectivity index (χ0n) is 10.2. The lowest BCUT2D eigenvalue weighted by Gasteiger charge is -2.32. The van der Waals surface area contributed by atoms with Crippen molar-refractivity contribution >= 4 is 26.0 Å². The molecular weight excluding hydrogens is 328 g/mol. The topological polar surface area (TPSA) is 37.4 Å². The van der Waals surface area contributed by atoms with Crippen molar-refractivity contribution in [3.63, 3.8) is 0 Å². The Labute approximate surface area is 114 Å². The highest BCUT2D eigenvalue weighted by atomic mass is 79.9. The van der Waals surface area contributed by atoms with Gasteiger partial charge < -0.3 is 0 Å². The SMILES string of the molecule is CN(C(C)(C)CBr)S(=O)(=O)c1ccc(F)cc1F. The fourth-order valence-electron chi connectivity index (χ4n) is 1.24. The first-order valence-electron chi connectivity index (χ1n) is 5.13. The summed E-state index contributed by atoms with van der Waals surface area (Å²) in [5.41, 5.74) is -0.723. The molecule has 1 aromatic carbocycles. The van der Waals surface area contributed by atoms with E-state index in [1.807, 2.05) is 0 Å². The molecule has 0 bridgehead atoms. The van der Waals surface area contributed by atoms with Gasteiger partial charge in [-0.2, -0.15) is 4.31 Å². The minimum atomic E-state index is -3.99. The Hall–Kier alpha value is -0.530. The molecule has 1 aromatic rings. The molecule has 0 heterocycles. The smallest absolute Gasteiger partial charge is 0.207 e. The lowest BCUT2D eigenvalue weighted by Crippen LogP contribution is -2.46. The zero-order chi connectivity index (χ0) is 14.1. The first-order chi connectivity index (χ1) is 8.13. The van der Waals surface area contributed by atoms with Gasteiger partial charge in [-0.1, -0.05) is 15.9 Å². The van der Waals surface area contributed by atoms with E-state index in [0.717, 1.165) is 16.4 Å². The van der Waals surface area contributed by atoms with Gasteiger partial charge in [-0.15, -0.1) is 0 Å². The molecule has 0 amide bonds. The average molecular weight is 342 g/mol. The van der Waals surface area contributed by atoms with Gasteiger partial charge in [-0.3, -0.25) is 0 Å². The quantitative estimate of drug-likeness (QED) is 0.789. The molecular formula is C11H14BrF2NO2S. The monoisotopic (exact) mass is 341 g/mol. The van der Waals surface area contributed by atoms with E-state index < -0.39 is 32.1 Å². The first kappa shape index (κ1) is 15.5. The largest absolute Gasteiger partial charge is 0.246 e. The van der Waals surface area contributed by atoms with Crippen LogP contribution < -0.4 is 0 Å². The van der Waals surface area contributed by atoms with Crippen molar-refractivity contribution in [2.24, 2.45) is 0 Å². The summed E-state index contributed by atoms with van der Waals surface area (Å²) >= 11 is 3.21. The predicted molar refractivity (Wildman–Crippen MR) is 69.2 cm³/mol. The summed E-state index contributed by atoms with van der Waals surface area (Å²) in [5, 5.41) is 0.387. The third-order valence-corrected chi connectivity index (χ3v) is 6.19. The van der Waals surface area contributed by atoms with Gasteiger partial charge in [0, 0.05) is 24.0 Å². The zero-order valence-corrected chi connectivity index (χ0v) is 12.6. The van der Waals surface area contributed by atoms with Crippen molar-refractivity contribution in [2.45, 2.75) is 24.3 Å². The second kappa shape index (κ2) is 5.22. The summed E-state index contributed by atoms with van der Waals surface area (Å²) in [4.78, 5) is -0.527. The van der Waals surface area contributed by atoms with Crippen molar-refractivity contribution in [3.8, 4) is 0 Å². The second-order valence-electron chi connectivity index (χ2n) is 4.49. The van der Waals surface area contributed by atoms with Gasteiger partial charge in [0.05, 0.1) is 0 Å². The fourth-order valence-corrected chi connectivity index (χ4v) is 3.34. The molecule has 0 aromatic heterocycles. The normalized spacial score (nSPS) is 13.1. The maximum Gasteiger partial charge on any atom is 0.246 e. The second-order valence-corrected chi connectivity index (χ2v) is 6.99. The standard InChI is InChI=1S/C11H14BrF2NO2S/c1-11(2,7-12)15(3)18(16,17)10-5-4-8(13)6-9(10)14/h4-6H,7H2,1-3H3. The van der Waals surface area contributed by atoms with Crippen LogP contribution in [0.1, 0.15) is 13.8 Å². The van der Waals surface area contributed by atoms with Gasteiger partial charge >= 0.3 is 0 Å². The number of sulfonamides is 1. The summed E-state index contributed by atoms with van der Waals surface area (Å²) in [6.45, 7) is 3.39. The number of nitrogens with zero attached hydrogens (tertiary/aromatic N) is 1. The number of hydrogen-bond donors (Lipinski definition) is 0. The van der Waals surface area contributed by atoms with Gasteiger partial charge in [-0.05, 0) is 26.0 Å². The van der Waals surface area contributed by atoms with Crippen molar-refractivity contribution in [3.05, 3.63) is 29.8 Å². The van der Waals surface area contributed by atoms with E-state index in [4.69, 9.17) is 0 Å². The molecule has 0 saturated heterocycles. The highest BCUT2D eigenvalue weighted by Crippen LogP contribution is 2.26. The minimum Gasteiger partial charge on any atom is -0.207 e. The lowest BCUT2D eigenvalue weighted by molar-refractivity contribution is 0.298.